The van der Waals surface area contributed by atoms with Gasteiger partial charge in [0.05, 0.1) is 11.6 Å². The molecule has 2 aromatic heterocycles. The van der Waals surface area contributed by atoms with Crippen molar-refractivity contribution in [2.75, 3.05) is 32.4 Å². The summed E-state index contributed by atoms with van der Waals surface area (Å²) in [5.41, 5.74) is 4.70. The van der Waals surface area contributed by atoms with Gasteiger partial charge in [-0.15, -0.1) is 11.3 Å². The number of benzene rings is 1. The summed E-state index contributed by atoms with van der Waals surface area (Å²) in [6, 6.07) is 8.29. The van der Waals surface area contributed by atoms with E-state index in [2.05, 4.69) is 36.9 Å². The van der Waals surface area contributed by atoms with Gasteiger partial charge in [-0.25, -0.2) is 8.42 Å². The van der Waals surface area contributed by atoms with E-state index in [1.165, 1.54) is 27.3 Å². The number of rotatable bonds is 4. The quantitative estimate of drug-likeness (QED) is 0.619. The lowest BCUT2D eigenvalue weighted by Crippen LogP contribution is -2.47. The zero-order valence-electron chi connectivity index (χ0n) is 17.8. The number of pyridine rings is 1. The predicted octanol–water partition coefficient (Wildman–Crippen LogP) is 2.96. The number of hydrogen-bond acceptors (Lipinski definition) is 5. The van der Waals surface area contributed by atoms with E-state index in [0.717, 1.165) is 27.1 Å². The van der Waals surface area contributed by atoms with Crippen LogP contribution in [-0.2, 0) is 23.6 Å². The maximum Gasteiger partial charge on any atom is 0.259 e. The van der Waals surface area contributed by atoms with Crippen LogP contribution in [0.25, 0.3) is 21.2 Å². The number of aryl methyl sites for hydroxylation is 3. The van der Waals surface area contributed by atoms with Crippen molar-refractivity contribution in [1.29, 1.82) is 0 Å². The van der Waals surface area contributed by atoms with Crippen LogP contribution in [0.15, 0.2) is 35.3 Å². The Bertz CT molecular complexity index is 1250. The molecule has 1 aliphatic heterocycles. The van der Waals surface area contributed by atoms with Crippen LogP contribution in [-0.4, -0.2) is 54.6 Å². The predicted molar refractivity (Wildman–Crippen MR) is 124 cm³/mol. The molecule has 6 nitrogen and oxygen atoms in total. The van der Waals surface area contributed by atoms with Crippen LogP contribution in [0.3, 0.4) is 0 Å². The highest BCUT2D eigenvalue weighted by molar-refractivity contribution is 7.88. The molecule has 1 fully saturated rings. The van der Waals surface area contributed by atoms with Crippen molar-refractivity contribution in [2.45, 2.75) is 20.4 Å². The van der Waals surface area contributed by atoms with Gasteiger partial charge < -0.3 is 4.57 Å². The van der Waals surface area contributed by atoms with Gasteiger partial charge in [0.2, 0.25) is 10.0 Å². The van der Waals surface area contributed by atoms with Gasteiger partial charge in [-0.05, 0) is 36.6 Å². The lowest BCUT2D eigenvalue weighted by Gasteiger charge is -2.32. The van der Waals surface area contributed by atoms with Crippen molar-refractivity contribution in [2.24, 2.45) is 7.05 Å². The molecule has 8 heteroatoms. The van der Waals surface area contributed by atoms with Gasteiger partial charge in [-0.3, -0.25) is 9.69 Å². The first-order chi connectivity index (χ1) is 14.1. The molecule has 1 aromatic carbocycles. The summed E-state index contributed by atoms with van der Waals surface area (Å²) in [5, 5.41) is 0.757. The summed E-state index contributed by atoms with van der Waals surface area (Å²) in [6.07, 6.45) is 3.21. The van der Waals surface area contributed by atoms with Crippen LogP contribution < -0.4 is 5.56 Å². The van der Waals surface area contributed by atoms with Gasteiger partial charge in [0.1, 0.15) is 0 Å². The standard InChI is InChI=1S/C22H27N3O3S2/c1-15-6-5-7-16(2)20(15)19-14-23(3)22(26)18-12-17(29-21(18)19)13-24-8-10-25(11-9-24)30(4,27)28/h5-7,12,14H,8-11,13H2,1-4H3. The lowest BCUT2D eigenvalue weighted by atomic mass is 9.96. The molecule has 0 aliphatic carbocycles. The SMILES string of the molecule is Cc1cccc(C)c1-c1cn(C)c(=O)c2cc(CN3CCN(S(C)(=O)=O)CC3)sc12. The summed E-state index contributed by atoms with van der Waals surface area (Å²) in [4.78, 5) is 16.2. The van der Waals surface area contributed by atoms with Crippen LogP contribution in [0.4, 0.5) is 0 Å². The van der Waals surface area contributed by atoms with Crippen molar-refractivity contribution >= 4 is 31.4 Å². The first kappa shape index (κ1) is 21.2. The summed E-state index contributed by atoms with van der Waals surface area (Å²) in [5.74, 6) is 0. The topological polar surface area (TPSA) is 62.6 Å². The van der Waals surface area contributed by atoms with Gasteiger partial charge in [-0.1, -0.05) is 18.2 Å². The molecule has 0 spiro atoms. The Morgan fingerprint density at radius 3 is 2.30 bits per heavy atom. The van der Waals surface area contributed by atoms with E-state index in [1.807, 2.05) is 12.3 Å². The van der Waals surface area contributed by atoms with Crippen molar-refractivity contribution in [3.05, 3.63) is 56.8 Å². The summed E-state index contributed by atoms with van der Waals surface area (Å²) in [6.45, 7) is 7.36. The first-order valence-corrected chi connectivity index (χ1v) is 12.7. The fourth-order valence-corrected chi connectivity index (χ4v) is 6.27. The molecule has 0 saturated carbocycles. The van der Waals surface area contributed by atoms with E-state index in [1.54, 1.807) is 23.0 Å². The minimum Gasteiger partial charge on any atom is -0.317 e. The fourth-order valence-electron chi connectivity index (χ4n) is 4.24. The molecule has 0 amide bonds. The molecule has 4 rings (SSSR count). The zero-order valence-corrected chi connectivity index (χ0v) is 19.4. The molecule has 0 bridgehead atoms. The molecular formula is C22H27N3O3S2. The van der Waals surface area contributed by atoms with Crippen LogP contribution >= 0.6 is 11.3 Å². The lowest BCUT2D eigenvalue weighted by molar-refractivity contribution is 0.183. The number of piperazine rings is 1. The molecule has 1 aliphatic rings. The van der Waals surface area contributed by atoms with Crippen LogP contribution in [0.1, 0.15) is 16.0 Å². The number of nitrogens with zero attached hydrogens (tertiary/aromatic N) is 3. The van der Waals surface area contributed by atoms with Crippen LogP contribution in [0.2, 0.25) is 0 Å². The highest BCUT2D eigenvalue weighted by Gasteiger charge is 2.24. The second-order valence-electron chi connectivity index (χ2n) is 8.12. The summed E-state index contributed by atoms with van der Waals surface area (Å²) >= 11 is 1.67. The van der Waals surface area contributed by atoms with Gasteiger partial charge in [0.15, 0.2) is 0 Å². The van der Waals surface area contributed by atoms with Gasteiger partial charge in [0.25, 0.3) is 5.56 Å². The Morgan fingerprint density at radius 2 is 1.70 bits per heavy atom. The number of fused-ring (bicyclic) bond motifs is 1. The number of aromatic nitrogens is 1. The van der Waals surface area contributed by atoms with Gasteiger partial charge in [0, 0.05) is 61.1 Å². The normalized spacial score (nSPS) is 16.4. The molecule has 30 heavy (non-hydrogen) atoms. The van der Waals surface area contributed by atoms with E-state index in [9.17, 15) is 13.2 Å². The second kappa shape index (κ2) is 7.92. The molecule has 160 valence electrons. The van der Waals surface area contributed by atoms with Crippen LogP contribution in [0.5, 0.6) is 0 Å². The van der Waals surface area contributed by atoms with Crippen molar-refractivity contribution < 1.29 is 8.42 Å². The molecule has 3 heterocycles. The smallest absolute Gasteiger partial charge is 0.259 e. The number of thiophene rings is 1. The van der Waals surface area contributed by atoms with Crippen LogP contribution in [0, 0.1) is 13.8 Å². The third-order valence-electron chi connectivity index (χ3n) is 5.83. The molecular weight excluding hydrogens is 418 g/mol. The molecule has 0 atom stereocenters. The molecule has 0 unspecified atom stereocenters. The first-order valence-electron chi connectivity index (χ1n) is 10.0. The molecule has 0 radical (unpaired) electrons. The minimum absolute atomic E-state index is 0.0179. The second-order valence-corrected chi connectivity index (χ2v) is 11.2. The monoisotopic (exact) mass is 445 g/mol. The van der Waals surface area contributed by atoms with E-state index in [-0.39, 0.29) is 5.56 Å². The Morgan fingerprint density at radius 1 is 1.07 bits per heavy atom. The molecule has 0 N–H and O–H groups in total. The number of sulfonamides is 1. The van der Waals surface area contributed by atoms with E-state index >= 15 is 0 Å². The zero-order chi connectivity index (χ0) is 21.6. The van der Waals surface area contributed by atoms with E-state index in [4.69, 9.17) is 0 Å². The van der Waals surface area contributed by atoms with Crippen molar-refractivity contribution in [3.8, 4) is 11.1 Å². The van der Waals surface area contributed by atoms with E-state index in [0.29, 0.717) is 26.2 Å². The average molecular weight is 446 g/mol. The third kappa shape index (κ3) is 3.97. The van der Waals surface area contributed by atoms with E-state index < -0.39 is 10.0 Å². The molecule has 1 saturated heterocycles. The number of hydrogen-bond donors (Lipinski definition) is 0. The highest BCUT2D eigenvalue weighted by Crippen LogP contribution is 2.36. The van der Waals surface area contributed by atoms with Gasteiger partial charge in [-0.2, -0.15) is 4.31 Å². The Hall–Kier alpha value is -2.00. The van der Waals surface area contributed by atoms with Gasteiger partial charge >= 0.3 is 0 Å². The fraction of sp³-hybridized carbons (Fsp3) is 0.409. The maximum atomic E-state index is 12.8. The summed E-state index contributed by atoms with van der Waals surface area (Å²) in [7, 11) is -1.33. The summed E-state index contributed by atoms with van der Waals surface area (Å²) < 4.78 is 27.7. The average Bonchev–Trinajstić information content (AvgIpc) is 3.09. The Labute approximate surface area is 181 Å². The maximum absolute atomic E-state index is 12.8. The van der Waals surface area contributed by atoms with Crippen molar-refractivity contribution in [3.63, 3.8) is 0 Å². The third-order valence-corrected chi connectivity index (χ3v) is 8.29. The Balaban J connectivity index is 1.70. The highest BCUT2D eigenvalue weighted by atomic mass is 32.2. The Kier molecular flexibility index (Phi) is 5.61. The minimum atomic E-state index is -3.13. The van der Waals surface area contributed by atoms with Crippen molar-refractivity contribution in [1.82, 2.24) is 13.8 Å². The molecule has 3 aromatic rings. The largest absolute Gasteiger partial charge is 0.317 e.